The maximum atomic E-state index is 12.7. The van der Waals surface area contributed by atoms with Crippen LogP contribution in [0.4, 0.5) is 0 Å². The molecule has 0 unspecified atom stereocenters. The fourth-order valence-corrected chi connectivity index (χ4v) is 4.69. The quantitative estimate of drug-likeness (QED) is 0.826. The summed E-state index contributed by atoms with van der Waals surface area (Å²) in [4.78, 5) is 21.3. The Morgan fingerprint density at radius 1 is 1.16 bits per heavy atom. The SMILES string of the molecule is O=C(Cc1ccc[nH]1)N1CC2=C(C1)CN(S(=O)(=O)c1cccnc1)C2.[HH]. The first-order valence-electron chi connectivity index (χ1n) is 8.04. The highest BCUT2D eigenvalue weighted by atomic mass is 32.2. The predicted octanol–water partition coefficient (Wildman–Crippen LogP) is 1.04. The minimum Gasteiger partial charge on any atom is -0.365 e. The molecule has 2 aromatic rings. The first kappa shape index (κ1) is 16.0. The van der Waals surface area contributed by atoms with E-state index in [1.807, 2.05) is 12.1 Å². The highest BCUT2D eigenvalue weighted by Gasteiger charge is 2.37. The number of amides is 1. The second kappa shape index (κ2) is 6.12. The molecule has 2 aliphatic rings. The Balaban J connectivity index is 0.00000196. The number of aromatic amines is 1. The van der Waals surface area contributed by atoms with Gasteiger partial charge in [-0.15, -0.1) is 0 Å². The Morgan fingerprint density at radius 3 is 2.52 bits per heavy atom. The number of rotatable bonds is 4. The van der Waals surface area contributed by atoms with E-state index in [0.717, 1.165) is 16.8 Å². The fraction of sp³-hybridized carbons (Fsp3) is 0.294. The number of carbonyl (C=O) groups is 1. The molecule has 0 spiro atoms. The van der Waals surface area contributed by atoms with Crippen LogP contribution in [0.5, 0.6) is 0 Å². The zero-order valence-corrected chi connectivity index (χ0v) is 14.4. The van der Waals surface area contributed by atoms with Crippen LogP contribution in [0.25, 0.3) is 0 Å². The van der Waals surface area contributed by atoms with Gasteiger partial charge in [-0.1, -0.05) is 0 Å². The van der Waals surface area contributed by atoms with Crippen molar-refractivity contribution in [2.75, 3.05) is 26.2 Å². The van der Waals surface area contributed by atoms with Crippen molar-refractivity contribution < 1.29 is 14.6 Å². The summed E-state index contributed by atoms with van der Waals surface area (Å²) in [5.74, 6) is 0.0542. The highest BCUT2D eigenvalue weighted by molar-refractivity contribution is 7.89. The van der Waals surface area contributed by atoms with Crippen molar-refractivity contribution in [2.24, 2.45) is 0 Å². The summed E-state index contributed by atoms with van der Waals surface area (Å²) in [7, 11) is -3.54. The Labute approximate surface area is 147 Å². The molecule has 0 aromatic carbocycles. The van der Waals surface area contributed by atoms with Gasteiger partial charge in [0.25, 0.3) is 0 Å². The Morgan fingerprint density at radius 2 is 1.92 bits per heavy atom. The Kier molecular flexibility index (Phi) is 3.93. The molecule has 0 atom stereocenters. The van der Waals surface area contributed by atoms with Crippen LogP contribution in [0.3, 0.4) is 0 Å². The molecule has 0 saturated heterocycles. The van der Waals surface area contributed by atoms with Crippen molar-refractivity contribution in [3.63, 3.8) is 0 Å². The van der Waals surface area contributed by atoms with Crippen LogP contribution in [0, 0.1) is 0 Å². The first-order chi connectivity index (χ1) is 12.0. The number of nitrogens with zero attached hydrogens (tertiary/aromatic N) is 3. The van der Waals surface area contributed by atoms with Crippen molar-refractivity contribution in [1.82, 2.24) is 19.2 Å². The van der Waals surface area contributed by atoms with Crippen molar-refractivity contribution in [1.29, 1.82) is 0 Å². The van der Waals surface area contributed by atoms with Crippen LogP contribution in [0.1, 0.15) is 7.12 Å². The van der Waals surface area contributed by atoms with Gasteiger partial charge in [-0.3, -0.25) is 9.78 Å². The maximum absolute atomic E-state index is 12.7. The molecule has 0 radical (unpaired) electrons. The molecule has 7 nitrogen and oxygen atoms in total. The number of sulfonamides is 1. The molecule has 1 N–H and O–H groups in total. The lowest BCUT2D eigenvalue weighted by atomic mass is 10.2. The molecule has 8 heteroatoms. The van der Waals surface area contributed by atoms with E-state index in [1.165, 1.54) is 10.5 Å². The molecule has 2 aromatic heterocycles. The lowest BCUT2D eigenvalue weighted by molar-refractivity contribution is -0.129. The van der Waals surface area contributed by atoms with Crippen LogP contribution < -0.4 is 0 Å². The summed E-state index contributed by atoms with van der Waals surface area (Å²) < 4.78 is 26.8. The number of H-pyrrole nitrogens is 1. The lowest BCUT2D eigenvalue weighted by Gasteiger charge is -2.22. The van der Waals surface area contributed by atoms with E-state index < -0.39 is 10.0 Å². The van der Waals surface area contributed by atoms with Crippen molar-refractivity contribution in [3.05, 3.63) is 59.7 Å². The topological polar surface area (TPSA) is 86.4 Å². The summed E-state index contributed by atoms with van der Waals surface area (Å²) >= 11 is 0. The zero-order valence-electron chi connectivity index (χ0n) is 13.6. The van der Waals surface area contributed by atoms with Crippen molar-refractivity contribution in [3.8, 4) is 0 Å². The first-order valence-corrected chi connectivity index (χ1v) is 9.48. The van der Waals surface area contributed by atoms with Crippen LogP contribution >= 0.6 is 0 Å². The molecular formula is C17H20N4O3S. The summed E-state index contributed by atoms with van der Waals surface area (Å²) in [6.45, 7) is 1.71. The van der Waals surface area contributed by atoms with Gasteiger partial charge in [0.05, 0.1) is 6.42 Å². The third-order valence-electron chi connectivity index (χ3n) is 4.63. The van der Waals surface area contributed by atoms with E-state index in [4.69, 9.17) is 0 Å². The Hall–Kier alpha value is -2.45. The van der Waals surface area contributed by atoms with Gasteiger partial charge in [0.2, 0.25) is 15.9 Å². The van der Waals surface area contributed by atoms with Gasteiger partial charge in [-0.2, -0.15) is 4.31 Å². The second-order valence-electron chi connectivity index (χ2n) is 6.29. The number of hydrogen-bond donors (Lipinski definition) is 1. The predicted molar refractivity (Wildman–Crippen MR) is 93.2 cm³/mol. The van der Waals surface area contributed by atoms with Crippen molar-refractivity contribution in [2.45, 2.75) is 11.3 Å². The van der Waals surface area contributed by atoms with E-state index in [-0.39, 0.29) is 12.2 Å². The summed E-state index contributed by atoms with van der Waals surface area (Å²) in [6.07, 6.45) is 5.05. The lowest BCUT2D eigenvalue weighted by Crippen LogP contribution is -2.37. The van der Waals surface area contributed by atoms with Crippen LogP contribution in [0.15, 0.2) is 58.9 Å². The van der Waals surface area contributed by atoms with E-state index >= 15 is 0 Å². The molecule has 0 fully saturated rings. The van der Waals surface area contributed by atoms with E-state index in [9.17, 15) is 13.2 Å². The molecular weight excluding hydrogens is 340 g/mol. The summed E-state index contributed by atoms with van der Waals surface area (Å²) in [5.41, 5.74) is 2.96. The molecule has 0 aliphatic carbocycles. The summed E-state index contributed by atoms with van der Waals surface area (Å²) in [6, 6.07) is 6.92. The standard InChI is InChI=1S/C17H18N4O3S.H2/c22-17(7-15-3-1-6-19-15)20-9-13-11-21(12-14(13)10-20)25(23,24)16-4-2-5-18-8-16;/h1-6,8,19H,7,9-12H2;1H. The van der Waals surface area contributed by atoms with E-state index in [1.54, 1.807) is 29.4 Å². The zero-order chi connectivity index (χ0) is 17.4. The van der Waals surface area contributed by atoms with Gasteiger partial charge >= 0.3 is 0 Å². The molecule has 1 amide bonds. The normalized spacial score (nSPS) is 18.0. The molecule has 0 bridgehead atoms. The van der Waals surface area contributed by atoms with Crippen LogP contribution in [0.2, 0.25) is 0 Å². The molecule has 2 aliphatic heterocycles. The van der Waals surface area contributed by atoms with Crippen LogP contribution in [-0.4, -0.2) is 59.7 Å². The minimum atomic E-state index is -3.54. The number of aromatic nitrogens is 2. The molecule has 4 rings (SSSR count). The van der Waals surface area contributed by atoms with Gasteiger partial charge in [0, 0.05) is 51.9 Å². The largest absolute Gasteiger partial charge is 0.365 e. The van der Waals surface area contributed by atoms with E-state index in [2.05, 4.69) is 9.97 Å². The monoisotopic (exact) mass is 360 g/mol. The highest BCUT2D eigenvalue weighted by Crippen LogP contribution is 2.29. The van der Waals surface area contributed by atoms with Gasteiger partial charge in [0.15, 0.2) is 0 Å². The molecule has 4 heterocycles. The smallest absolute Gasteiger partial charge is 0.245 e. The summed E-state index contributed by atoms with van der Waals surface area (Å²) in [5, 5.41) is 0. The minimum absolute atomic E-state index is 0. The fourth-order valence-electron chi connectivity index (χ4n) is 3.29. The average molecular weight is 360 g/mol. The third-order valence-corrected chi connectivity index (χ3v) is 6.40. The van der Waals surface area contributed by atoms with Crippen molar-refractivity contribution >= 4 is 15.9 Å². The number of carbonyl (C=O) groups excluding carboxylic acids is 1. The molecule has 25 heavy (non-hydrogen) atoms. The number of nitrogens with one attached hydrogen (secondary N) is 1. The van der Waals surface area contributed by atoms with Gasteiger partial charge in [0.1, 0.15) is 4.90 Å². The number of pyridine rings is 1. The van der Waals surface area contributed by atoms with E-state index in [0.29, 0.717) is 32.6 Å². The third kappa shape index (κ3) is 2.98. The molecule has 132 valence electrons. The second-order valence-corrected chi connectivity index (χ2v) is 8.23. The van der Waals surface area contributed by atoms with Gasteiger partial charge in [-0.25, -0.2) is 8.42 Å². The van der Waals surface area contributed by atoms with Crippen LogP contribution in [-0.2, 0) is 21.2 Å². The number of hydrogen-bond acceptors (Lipinski definition) is 4. The molecule has 0 saturated carbocycles. The average Bonchev–Trinajstić information content (AvgIpc) is 3.31. The maximum Gasteiger partial charge on any atom is 0.245 e. The Bertz CT molecular complexity index is 908. The van der Waals surface area contributed by atoms with Gasteiger partial charge in [-0.05, 0) is 35.4 Å². The van der Waals surface area contributed by atoms with Gasteiger partial charge < -0.3 is 9.88 Å².